The van der Waals surface area contributed by atoms with Crippen LogP contribution in [0.2, 0.25) is 5.15 Å². The molecule has 0 saturated heterocycles. The Morgan fingerprint density at radius 3 is 2.86 bits per heavy atom. The van der Waals surface area contributed by atoms with Crippen molar-refractivity contribution in [3.8, 4) is 0 Å². The van der Waals surface area contributed by atoms with Gasteiger partial charge in [0.05, 0.1) is 23.9 Å². The van der Waals surface area contributed by atoms with Gasteiger partial charge in [0, 0.05) is 16.5 Å². The lowest BCUT2D eigenvalue weighted by atomic mass is 10.2. The van der Waals surface area contributed by atoms with Crippen LogP contribution in [0, 0.1) is 5.82 Å². The summed E-state index contributed by atoms with van der Waals surface area (Å²) in [6, 6.07) is 8.41. The molecule has 28 heavy (non-hydrogen) atoms. The second-order valence-corrected chi connectivity index (χ2v) is 8.06. The Kier molecular flexibility index (Phi) is 6.95. The molecule has 0 fully saturated rings. The minimum absolute atomic E-state index is 0.283. The van der Waals surface area contributed by atoms with E-state index in [4.69, 9.17) is 16.3 Å². The molecule has 0 radical (unpaired) electrons. The first-order valence-corrected chi connectivity index (χ1v) is 10.4. The number of aromatic nitrogens is 3. The number of carbonyl (C=O) groups is 1. The van der Waals surface area contributed by atoms with Gasteiger partial charge in [-0.3, -0.25) is 4.79 Å². The molecule has 1 unspecified atom stereocenters. The second kappa shape index (κ2) is 9.24. The molecule has 3 rings (SSSR count). The number of pyridine rings is 1. The van der Waals surface area contributed by atoms with Crippen molar-refractivity contribution in [2.45, 2.75) is 31.6 Å². The van der Waals surface area contributed by atoms with Gasteiger partial charge in [-0.05, 0) is 37.6 Å². The average molecular weight is 487 g/mol. The normalized spacial score (nSPS) is 12.3. The highest BCUT2D eigenvalue weighted by Gasteiger charge is 2.19. The van der Waals surface area contributed by atoms with Gasteiger partial charge in [0.25, 0.3) is 0 Å². The van der Waals surface area contributed by atoms with Crippen LogP contribution in [0.3, 0.4) is 0 Å². The molecule has 0 aliphatic heterocycles. The fourth-order valence-electron chi connectivity index (χ4n) is 2.84. The molecule has 0 bridgehead atoms. The van der Waals surface area contributed by atoms with Crippen molar-refractivity contribution < 1.29 is 13.9 Å². The minimum Gasteiger partial charge on any atom is -0.465 e. The summed E-state index contributed by atoms with van der Waals surface area (Å²) >= 11 is 13.6. The Hall–Kier alpha value is -1.64. The molecule has 1 atom stereocenters. The largest absolute Gasteiger partial charge is 0.465 e. The van der Waals surface area contributed by atoms with Crippen LogP contribution < -0.4 is 0 Å². The lowest BCUT2D eigenvalue weighted by Crippen LogP contribution is -2.19. The Morgan fingerprint density at radius 1 is 1.36 bits per heavy atom. The van der Waals surface area contributed by atoms with Crippen LogP contribution in [0.5, 0.6) is 0 Å². The van der Waals surface area contributed by atoms with Gasteiger partial charge >= 0.3 is 5.97 Å². The quantitative estimate of drug-likeness (QED) is 0.295. The third-order valence-electron chi connectivity index (χ3n) is 4.20. The molecule has 0 saturated carbocycles. The highest BCUT2D eigenvalue weighted by Crippen LogP contribution is 2.23. The van der Waals surface area contributed by atoms with E-state index in [9.17, 15) is 9.18 Å². The number of fused-ring (bicyclic) bond motifs is 1. The first-order valence-electron chi connectivity index (χ1n) is 8.69. The summed E-state index contributed by atoms with van der Waals surface area (Å²) in [5.74, 6) is -0.00764. The number of esters is 1. The highest BCUT2D eigenvalue weighted by molar-refractivity contribution is 9.10. The summed E-state index contributed by atoms with van der Waals surface area (Å²) in [5, 5.41) is -0.230. The molecule has 0 N–H and O–H groups in total. The monoisotopic (exact) mass is 485 g/mol. The maximum atomic E-state index is 14.4. The van der Waals surface area contributed by atoms with Gasteiger partial charge in [-0.1, -0.05) is 33.6 Å². The van der Waals surface area contributed by atoms with E-state index in [-0.39, 0.29) is 18.3 Å². The van der Waals surface area contributed by atoms with Crippen molar-refractivity contribution in [1.82, 2.24) is 14.5 Å². The first-order chi connectivity index (χ1) is 13.4. The SMILES string of the molecule is CCOC(=O)C(S)CCc1nc2nc(Cl)ccc2n1Cc1ccc(Br)cc1F. The van der Waals surface area contributed by atoms with Crippen molar-refractivity contribution in [2.24, 2.45) is 0 Å². The predicted molar refractivity (Wildman–Crippen MR) is 113 cm³/mol. The third-order valence-corrected chi connectivity index (χ3v) is 5.37. The van der Waals surface area contributed by atoms with Crippen molar-refractivity contribution in [3.05, 3.63) is 57.2 Å². The van der Waals surface area contributed by atoms with E-state index in [0.29, 0.717) is 46.1 Å². The van der Waals surface area contributed by atoms with Crippen molar-refractivity contribution in [3.63, 3.8) is 0 Å². The summed E-state index contributed by atoms with van der Waals surface area (Å²) in [5.41, 5.74) is 1.74. The molecule has 2 aromatic heterocycles. The van der Waals surface area contributed by atoms with Crippen molar-refractivity contribution in [2.75, 3.05) is 6.61 Å². The van der Waals surface area contributed by atoms with Gasteiger partial charge in [0.1, 0.15) is 16.8 Å². The Labute approximate surface area is 180 Å². The van der Waals surface area contributed by atoms with Gasteiger partial charge in [0.2, 0.25) is 0 Å². The molecule has 9 heteroatoms. The van der Waals surface area contributed by atoms with Crippen LogP contribution in [0.1, 0.15) is 24.7 Å². The molecule has 0 aliphatic rings. The fourth-order valence-corrected chi connectivity index (χ4v) is 3.52. The topological polar surface area (TPSA) is 57.0 Å². The smallest absolute Gasteiger partial charge is 0.318 e. The van der Waals surface area contributed by atoms with Crippen LogP contribution >= 0.6 is 40.2 Å². The molecule has 0 aliphatic carbocycles. The third kappa shape index (κ3) is 4.85. The molecule has 5 nitrogen and oxygen atoms in total. The van der Waals surface area contributed by atoms with Crippen LogP contribution in [-0.2, 0) is 22.5 Å². The zero-order valence-corrected chi connectivity index (χ0v) is 18.3. The molecule has 2 heterocycles. The van der Waals surface area contributed by atoms with E-state index < -0.39 is 5.25 Å². The maximum absolute atomic E-state index is 14.4. The van der Waals surface area contributed by atoms with E-state index >= 15 is 0 Å². The number of aryl methyl sites for hydroxylation is 1. The summed E-state index contributed by atoms with van der Waals surface area (Å²) < 4.78 is 21.9. The fraction of sp³-hybridized carbons (Fsp3) is 0.316. The average Bonchev–Trinajstić information content (AvgIpc) is 2.98. The van der Waals surface area contributed by atoms with E-state index in [1.807, 2.05) is 4.57 Å². The Balaban J connectivity index is 1.92. The number of hydrogen-bond donors (Lipinski definition) is 1. The Morgan fingerprint density at radius 2 is 2.14 bits per heavy atom. The number of carbonyl (C=O) groups excluding carboxylic acids is 1. The van der Waals surface area contributed by atoms with Crippen LogP contribution in [0.25, 0.3) is 11.2 Å². The summed E-state index contributed by atoms with van der Waals surface area (Å²) in [6.45, 7) is 2.34. The number of rotatable bonds is 7. The highest BCUT2D eigenvalue weighted by atomic mass is 79.9. The predicted octanol–water partition coefficient (Wildman–Crippen LogP) is 4.83. The Bertz CT molecular complexity index is 1010. The maximum Gasteiger partial charge on any atom is 0.318 e. The molecular weight excluding hydrogens is 469 g/mol. The molecular formula is C19H18BrClFN3O2S. The first kappa shape index (κ1) is 21.1. The molecule has 148 valence electrons. The number of imidazole rings is 1. The van der Waals surface area contributed by atoms with E-state index in [1.165, 1.54) is 6.07 Å². The summed E-state index contributed by atoms with van der Waals surface area (Å²) in [4.78, 5) is 20.6. The van der Waals surface area contributed by atoms with Crippen molar-refractivity contribution >= 4 is 57.3 Å². The lowest BCUT2D eigenvalue weighted by Gasteiger charge is -2.12. The molecule has 3 aromatic rings. The standard InChI is InChI=1S/C19H18BrClFN3O2S/c1-2-27-19(26)15(28)6-8-17-24-18-14(5-7-16(21)23-18)25(17)10-11-3-4-12(20)9-13(11)22/h3-5,7,9,15,28H,2,6,8,10H2,1H3. The number of hydrogen-bond acceptors (Lipinski definition) is 5. The van der Waals surface area contributed by atoms with Crippen LogP contribution in [-0.4, -0.2) is 32.4 Å². The van der Waals surface area contributed by atoms with Crippen LogP contribution in [0.15, 0.2) is 34.8 Å². The van der Waals surface area contributed by atoms with E-state index in [2.05, 4.69) is 38.5 Å². The second-order valence-electron chi connectivity index (χ2n) is 6.13. The number of nitrogens with zero attached hydrogens (tertiary/aromatic N) is 3. The number of ether oxygens (including phenoxy) is 1. The molecule has 0 spiro atoms. The number of halogens is 3. The number of thiol groups is 1. The lowest BCUT2D eigenvalue weighted by molar-refractivity contribution is -0.142. The van der Waals surface area contributed by atoms with Crippen molar-refractivity contribution in [1.29, 1.82) is 0 Å². The van der Waals surface area contributed by atoms with E-state index in [0.717, 1.165) is 5.52 Å². The van der Waals surface area contributed by atoms with Gasteiger partial charge in [-0.2, -0.15) is 12.6 Å². The van der Waals surface area contributed by atoms with Gasteiger partial charge < -0.3 is 9.30 Å². The summed E-state index contributed by atoms with van der Waals surface area (Å²) in [7, 11) is 0. The minimum atomic E-state index is -0.561. The number of benzene rings is 1. The van der Waals surface area contributed by atoms with Crippen LogP contribution in [0.4, 0.5) is 4.39 Å². The zero-order valence-electron chi connectivity index (χ0n) is 15.0. The summed E-state index contributed by atoms with van der Waals surface area (Å²) in [6.07, 6.45) is 0.890. The van der Waals surface area contributed by atoms with Gasteiger partial charge in [0.15, 0.2) is 5.65 Å². The van der Waals surface area contributed by atoms with Gasteiger partial charge in [-0.15, -0.1) is 0 Å². The zero-order chi connectivity index (χ0) is 20.3. The molecule has 1 aromatic carbocycles. The van der Waals surface area contributed by atoms with Gasteiger partial charge in [-0.25, -0.2) is 14.4 Å². The van der Waals surface area contributed by atoms with E-state index in [1.54, 1.807) is 31.2 Å². The molecule has 0 amide bonds.